The molecule has 100 valence electrons. The quantitative estimate of drug-likeness (QED) is 0.652. The third kappa shape index (κ3) is 3.19. The van der Waals surface area contributed by atoms with Crippen LogP contribution >= 0.6 is 34.8 Å². The SMILES string of the molecule is NNC(c1ccc(F)cc1Cl)c1cc(Cl)ccc1Cl. The van der Waals surface area contributed by atoms with Gasteiger partial charge in [0.05, 0.1) is 6.04 Å². The summed E-state index contributed by atoms with van der Waals surface area (Å²) >= 11 is 18.1. The van der Waals surface area contributed by atoms with Crippen molar-refractivity contribution in [2.45, 2.75) is 6.04 Å². The maximum atomic E-state index is 13.1. The molecular formula is C13H10Cl3FN2. The molecule has 0 aliphatic rings. The Morgan fingerprint density at radius 3 is 2.32 bits per heavy atom. The van der Waals surface area contributed by atoms with E-state index in [-0.39, 0.29) is 5.02 Å². The van der Waals surface area contributed by atoms with Gasteiger partial charge in [0, 0.05) is 15.1 Å². The van der Waals surface area contributed by atoms with Crippen molar-refractivity contribution in [2.75, 3.05) is 0 Å². The van der Waals surface area contributed by atoms with Crippen LogP contribution in [-0.2, 0) is 0 Å². The van der Waals surface area contributed by atoms with Crippen LogP contribution in [0, 0.1) is 5.82 Å². The molecule has 0 saturated heterocycles. The zero-order valence-electron chi connectivity index (χ0n) is 9.63. The minimum absolute atomic E-state index is 0.263. The number of hydrogen-bond acceptors (Lipinski definition) is 2. The van der Waals surface area contributed by atoms with Crippen molar-refractivity contribution in [1.29, 1.82) is 0 Å². The largest absolute Gasteiger partial charge is 0.271 e. The summed E-state index contributed by atoms with van der Waals surface area (Å²) in [7, 11) is 0. The molecule has 3 N–H and O–H groups in total. The molecule has 0 fully saturated rings. The average molecular weight is 320 g/mol. The van der Waals surface area contributed by atoms with Gasteiger partial charge in [-0.2, -0.15) is 0 Å². The third-order valence-corrected chi connectivity index (χ3v) is 3.62. The summed E-state index contributed by atoms with van der Waals surface area (Å²) in [6, 6.07) is 8.64. The second kappa shape index (κ2) is 6.07. The van der Waals surface area contributed by atoms with E-state index in [1.807, 2.05) is 0 Å². The first-order valence-electron chi connectivity index (χ1n) is 5.39. The Labute approximate surface area is 125 Å². The van der Waals surface area contributed by atoms with Crippen LogP contribution in [0.15, 0.2) is 36.4 Å². The predicted octanol–water partition coefficient (Wildman–Crippen LogP) is 4.34. The summed E-state index contributed by atoms with van der Waals surface area (Å²) in [4.78, 5) is 0. The van der Waals surface area contributed by atoms with E-state index in [2.05, 4.69) is 5.43 Å². The van der Waals surface area contributed by atoms with Gasteiger partial charge in [-0.15, -0.1) is 0 Å². The van der Waals surface area contributed by atoms with E-state index in [1.165, 1.54) is 12.1 Å². The van der Waals surface area contributed by atoms with Gasteiger partial charge < -0.3 is 0 Å². The topological polar surface area (TPSA) is 38.0 Å². The van der Waals surface area contributed by atoms with Gasteiger partial charge >= 0.3 is 0 Å². The molecule has 6 heteroatoms. The third-order valence-electron chi connectivity index (χ3n) is 2.71. The number of benzene rings is 2. The van der Waals surface area contributed by atoms with E-state index in [1.54, 1.807) is 24.3 Å². The lowest BCUT2D eigenvalue weighted by molar-refractivity contribution is 0.616. The summed E-state index contributed by atoms with van der Waals surface area (Å²) in [5.74, 6) is 5.14. The fourth-order valence-corrected chi connectivity index (χ4v) is 2.50. The van der Waals surface area contributed by atoms with Crippen LogP contribution in [0.2, 0.25) is 15.1 Å². The van der Waals surface area contributed by atoms with Crippen LogP contribution in [0.4, 0.5) is 4.39 Å². The number of halogens is 4. The summed E-state index contributed by atoms with van der Waals surface area (Å²) in [5.41, 5.74) is 3.90. The lowest BCUT2D eigenvalue weighted by atomic mass is 9.99. The molecule has 0 saturated carbocycles. The second-order valence-corrected chi connectivity index (χ2v) is 5.18. The molecule has 2 aromatic rings. The van der Waals surface area contributed by atoms with Crippen molar-refractivity contribution < 1.29 is 4.39 Å². The lowest BCUT2D eigenvalue weighted by Crippen LogP contribution is -2.29. The Hall–Kier alpha value is -0.840. The van der Waals surface area contributed by atoms with Crippen molar-refractivity contribution in [2.24, 2.45) is 5.84 Å². The Bertz CT molecular complexity index is 604. The van der Waals surface area contributed by atoms with Crippen LogP contribution in [0.1, 0.15) is 17.2 Å². The van der Waals surface area contributed by atoms with Gasteiger partial charge in [-0.1, -0.05) is 40.9 Å². The molecule has 1 unspecified atom stereocenters. The number of hydrogen-bond donors (Lipinski definition) is 2. The summed E-state index contributed by atoms with van der Waals surface area (Å²) in [6.07, 6.45) is 0. The monoisotopic (exact) mass is 318 g/mol. The molecule has 2 nitrogen and oxygen atoms in total. The Balaban J connectivity index is 2.52. The van der Waals surface area contributed by atoms with E-state index >= 15 is 0 Å². The van der Waals surface area contributed by atoms with Crippen LogP contribution in [0.5, 0.6) is 0 Å². The fraction of sp³-hybridized carbons (Fsp3) is 0.0769. The van der Waals surface area contributed by atoms with Gasteiger partial charge in [-0.3, -0.25) is 5.84 Å². The molecule has 1 atom stereocenters. The van der Waals surface area contributed by atoms with E-state index in [0.717, 1.165) is 0 Å². The Morgan fingerprint density at radius 2 is 1.68 bits per heavy atom. The van der Waals surface area contributed by atoms with E-state index in [0.29, 0.717) is 21.2 Å². The summed E-state index contributed by atoms with van der Waals surface area (Å²) in [6.45, 7) is 0. The zero-order chi connectivity index (χ0) is 14.0. The van der Waals surface area contributed by atoms with E-state index in [4.69, 9.17) is 40.6 Å². The highest BCUT2D eigenvalue weighted by Crippen LogP contribution is 2.33. The van der Waals surface area contributed by atoms with Gasteiger partial charge in [-0.25, -0.2) is 9.82 Å². The molecule has 0 bridgehead atoms. The highest BCUT2D eigenvalue weighted by atomic mass is 35.5. The molecule has 19 heavy (non-hydrogen) atoms. The first-order chi connectivity index (χ1) is 9.02. The average Bonchev–Trinajstić information content (AvgIpc) is 2.36. The van der Waals surface area contributed by atoms with Crippen LogP contribution in [0.25, 0.3) is 0 Å². The van der Waals surface area contributed by atoms with Crippen molar-refractivity contribution in [3.8, 4) is 0 Å². The Morgan fingerprint density at radius 1 is 0.947 bits per heavy atom. The van der Waals surface area contributed by atoms with Crippen LogP contribution in [0.3, 0.4) is 0 Å². The fourth-order valence-electron chi connectivity index (χ4n) is 1.82. The van der Waals surface area contributed by atoms with E-state index in [9.17, 15) is 4.39 Å². The predicted molar refractivity (Wildman–Crippen MR) is 77.0 cm³/mol. The van der Waals surface area contributed by atoms with Gasteiger partial charge in [-0.05, 0) is 41.5 Å². The van der Waals surface area contributed by atoms with E-state index < -0.39 is 11.9 Å². The van der Waals surface area contributed by atoms with Crippen molar-refractivity contribution in [1.82, 2.24) is 5.43 Å². The van der Waals surface area contributed by atoms with Gasteiger partial charge in [0.2, 0.25) is 0 Å². The highest BCUT2D eigenvalue weighted by molar-refractivity contribution is 6.34. The van der Waals surface area contributed by atoms with Gasteiger partial charge in [0.1, 0.15) is 5.82 Å². The standard InChI is InChI=1S/C13H10Cl3FN2/c14-7-1-4-11(15)10(5-7)13(19-18)9-3-2-8(17)6-12(9)16/h1-6,13,19H,18H2. The first-order valence-corrected chi connectivity index (χ1v) is 6.52. The first kappa shape index (κ1) is 14.6. The summed E-state index contributed by atoms with van der Waals surface area (Å²) < 4.78 is 13.1. The minimum atomic E-state index is -0.473. The number of hydrazine groups is 1. The van der Waals surface area contributed by atoms with Crippen molar-refractivity contribution in [3.05, 3.63) is 68.4 Å². The van der Waals surface area contributed by atoms with Gasteiger partial charge in [0.15, 0.2) is 0 Å². The van der Waals surface area contributed by atoms with Crippen molar-refractivity contribution in [3.63, 3.8) is 0 Å². The number of rotatable bonds is 3. The maximum Gasteiger partial charge on any atom is 0.124 e. The molecule has 0 spiro atoms. The van der Waals surface area contributed by atoms with Crippen LogP contribution in [-0.4, -0.2) is 0 Å². The molecule has 0 aliphatic heterocycles. The maximum absolute atomic E-state index is 13.1. The lowest BCUT2D eigenvalue weighted by Gasteiger charge is -2.19. The molecule has 0 aromatic heterocycles. The number of nitrogens with two attached hydrogens (primary N) is 1. The van der Waals surface area contributed by atoms with Crippen molar-refractivity contribution >= 4 is 34.8 Å². The smallest absolute Gasteiger partial charge is 0.124 e. The number of nitrogens with one attached hydrogen (secondary N) is 1. The molecule has 0 heterocycles. The zero-order valence-corrected chi connectivity index (χ0v) is 11.9. The Kier molecular flexibility index (Phi) is 4.66. The van der Waals surface area contributed by atoms with Crippen LogP contribution < -0.4 is 11.3 Å². The van der Waals surface area contributed by atoms with Gasteiger partial charge in [0.25, 0.3) is 0 Å². The molecule has 0 aliphatic carbocycles. The normalized spacial score (nSPS) is 12.5. The minimum Gasteiger partial charge on any atom is -0.271 e. The molecular weight excluding hydrogens is 310 g/mol. The highest BCUT2D eigenvalue weighted by Gasteiger charge is 2.19. The molecule has 0 amide bonds. The molecule has 0 radical (unpaired) electrons. The second-order valence-electron chi connectivity index (χ2n) is 3.93. The molecule has 2 rings (SSSR count). The summed E-state index contributed by atoms with van der Waals surface area (Å²) in [5, 5.41) is 1.28. The molecule has 2 aromatic carbocycles.